The first kappa shape index (κ1) is 14.6. The summed E-state index contributed by atoms with van der Waals surface area (Å²) in [5.74, 6) is 0.979. The summed E-state index contributed by atoms with van der Waals surface area (Å²) >= 11 is 0. The van der Waals surface area contributed by atoms with Gasteiger partial charge in [0.1, 0.15) is 5.82 Å². The molecule has 0 radical (unpaired) electrons. The van der Waals surface area contributed by atoms with Crippen molar-refractivity contribution in [2.45, 2.75) is 20.3 Å². The molecule has 0 fully saturated rings. The second-order valence-electron chi connectivity index (χ2n) is 4.70. The van der Waals surface area contributed by atoms with Gasteiger partial charge in [-0.2, -0.15) is 0 Å². The van der Waals surface area contributed by atoms with Crippen molar-refractivity contribution in [2.75, 3.05) is 38.6 Å². The number of aromatic nitrogens is 1. The van der Waals surface area contributed by atoms with E-state index in [4.69, 9.17) is 0 Å². The molecular formula is C14H23N3O. The predicted molar refractivity (Wildman–Crippen MR) is 75.3 cm³/mol. The van der Waals surface area contributed by atoms with Crippen LogP contribution in [-0.2, 0) is 0 Å². The molecule has 18 heavy (non-hydrogen) atoms. The van der Waals surface area contributed by atoms with Crippen LogP contribution < -0.4 is 4.90 Å². The van der Waals surface area contributed by atoms with E-state index in [1.165, 1.54) is 0 Å². The first-order valence-electron chi connectivity index (χ1n) is 6.41. The molecule has 1 heterocycles. The van der Waals surface area contributed by atoms with Gasteiger partial charge in [-0.15, -0.1) is 0 Å². The highest BCUT2D eigenvalue weighted by atomic mass is 16.1. The second-order valence-corrected chi connectivity index (χ2v) is 4.70. The molecule has 0 unspecified atom stereocenters. The van der Waals surface area contributed by atoms with Crippen LogP contribution >= 0.6 is 0 Å². The Labute approximate surface area is 110 Å². The Bertz CT molecular complexity index is 390. The molecule has 1 aromatic heterocycles. The Morgan fingerprint density at radius 3 is 2.61 bits per heavy atom. The molecule has 0 saturated heterocycles. The number of carbonyl (C=O) groups is 1. The largest absolute Gasteiger partial charge is 0.357 e. The molecule has 0 amide bonds. The van der Waals surface area contributed by atoms with Crippen LogP contribution in [-0.4, -0.2) is 49.4 Å². The van der Waals surface area contributed by atoms with E-state index in [1.807, 2.05) is 6.07 Å². The number of hydrogen-bond donors (Lipinski definition) is 0. The molecule has 0 spiro atoms. The van der Waals surface area contributed by atoms with Gasteiger partial charge in [0, 0.05) is 24.8 Å². The van der Waals surface area contributed by atoms with Crippen molar-refractivity contribution in [2.24, 2.45) is 0 Å². The molecule has 0 saturated carbocycles. The lowest BCUT2D eigenvalue weighted by Crippen LogP contribution is -2.27. The Morgan fingerprint density at radius 2 is 2.06 bits per heavy atom. The van der Waals surface area contributed by atoms with E-state index in [-0.39, 0.29) is 5.78 Å². The number of rotatable bonds is 7. The zero-order chi connectivity index (χ0) is 13.5. The van der Waals surface area contributed by atoms with Crippen molar-refractivity contribution >= 4 is 11.6 Å². The molecule has 0 bridgehead atoms. The molecule has 0 N–H and O–H groups in total. The molecule has 0 aliphatic rings. The average Bonchev–Trinajstić information content (AvgIpc) is 2.34. The van der Waals surface area contributed by atoms with Crippen molar-refractivity contribution in [1.29, 1.82) is 0 Å². The van der Waals surface area contributed by atoms with Gasteiger partial charge in [-0.3, -0.25) is 4.79 Å². The predicted octanol–water partition coefficient (Wildman–Crippen LogP) is 2.06. The third kappa shape index (κ3) is 4.45. The smallest absolute Gasteiger partial charge is 0.159 e. The highest BCUT2D eigenvalue weighted by Gasteiger charge is 2.08. The topological polar surface area (TPSA) is 36.4 Å². The van der Waals surface area contributed by atoms with Crippen molar-refractivity contribution in [1.82, 2.24) is 9.88 Å². The number of hydrogen-bond acceptors (Lipinski definition) is 4. The fourth-order valence-electron chi connectivity index (χ4n) is 1.82. The molecule has 4 nitrogen and oxygen atoms in total. The highest BCUT2D eigenvalue weighted by Crippen LogP contribution is 2.13. The van der Waals surface area contributed by atoms with Gasteiger partial charge in [0.05, 0.1) is 0 Å². The van der Waals surface area contributed by atoms with Crippen LogP contribution in [0.15, 0.2) is 18.3 Å². The van der Waals surface area contributed by atoms with Crippen molar-refractivity contribution in [3.05, 3.63) is 23.9 Å². The summed E-state index contributed by atoms with van der Waals surface area (Å²) < 4.78 is 0. The van der Waals surface area contributed by atoms with Gasteiger partial charge >= 0.3 is 0 Å². The Hall–Kier alpha value is -1.42. The molecule has 0 atom stereocenters. The maximum Gasteiger partial charge on any atom is 0.159 e. The van der Waals surface area contributed by atoms with E-state index in [2.05, 4.69) is 35.8 Å². The van der Waals surface area contributed by atoms with E-state index < -0.39 is 0 Å². The monoisotopic (exact) mass is 249 g/mol. The van der Waals surface area contributed by atoms with Crippen LogP contribution in [0.2, 0.25) is 0 Å². The van der Waals surface area contributed by atoms with Crippen LogP contribution in [0.4, 0.5) is 5.82 Å². The van der Waals surface area contributed by atoms with E-state index in [9.17, 15) is 4.79 Å². The highest BCUT2D eigenvalue weighted by molar-refractivity contribution is 5.94. The van der Waals surface area contributed by atoms with Crippen LogP contribution in [0.3, 0.4) is 0 Å². The Balaban J connectivity index is 2.69. The number of ketones is 1. The summed E-state index contributed by atoms with van der Waals surface area (Å²) in [6.07, 6.45) is 2.80. The summed E-state index contributed by atoms with van der Waals surface area (Å²) in [7, 11) is 4.15. The zero-order valence-corrected chi connectivity index (χ0v) is 11.8. The maximum atomic E-state index is 11.4. The lowest BCUT2D eigenvalue weighted by molar-refractivity contribution is 0.101. The fourth-order valence-corrected chi connectivity index (χ4v) is 1.82. The van der Waals surface area contributed by atoms with Crippen LogP contribution in [0.5, 0.6) is 0 Å². The molecule has 0 aliphatic carbocycles. The van der Waals surface area contributed by atoms with Crippen molar-refractivity contribution in [3.63, 3.8) is 0 Å². The second kappa shape index (κ2) is 7.11. The summed E-state index contributed by atoms with van der Waals surface area (Å²) in [5, 5.41) is 0. The van der Waals surface area contributed by atoms with Gasteiger partial charge in [-0.25, -0.2) is 4.98 Å². The first-order chi connectivity index (χ1) is 8.54. The van der Waals surface area contributed by atoms with Gasteiger partial charge in [0.15, 0.2) is 5.78 Å². The summed E-state index contributed by atoms with van der Waals surface area (Å²) in [6, 6.07) is 3.64. The van der Waals surface area contributed by atoms with E-state index >= 15 is 0 Å². The molecule has 1 rings (SSSR count). The zero-order valence-electron chi connectivity index (χ0n) is 11.8. The SMILES string of the molecule is CCN(CCCN(C)C)c1cc(C(C)=O)ccn1. The van der Waals surface area contributed by atoms with E-state index in [1.54, 1.807) is 19.2 Å². The molecule has 4 heteroatoms. The van der Waals surface area contributed by atoms with Gasteiger partial charge in [0.25, 0.3) is 0 Å². The standard InChI is InChI=1S/C14H23N3O/c1-5-17(10-6-9-16(3)4)14-11-13(12(2)18)7-8-15-14/h7-8,11H,5-6,9-10H2,1-4H3. The first-order valence-corrected chi connectivity index (χ1v) is 6.41. The maximum absolute atomic E-state index is 11.4. The molecule has 1 aromatic rings. The summed E-state index contributed by atoms with van der Waals surface area (Å²) in [5.41, 5.74) is 0.728. The van der Waals surface area contributed by atoms with Gasteiger partial charge in [-0.1, -0.05) is 0 Å². The number of carbonyl (C=O) groups excluding carboxylic acids is 1. The van der Waals surface area contributed by atoms with E-state index in [0.717, 1.165) is 37.4 Å². The minimum Gasteiger partial charge on any atom is -0.357 e. The third-order valence-corrected chi connectivity index (χ3v) is 2.89. The minimum atomic E-state index is 0.0861. The third-order valence-electron chi connectivity index (χ3n) is 2.89. The van der Waals surface area contributed by atoms with Crippen LogP contribution in [0, 0.1) is 0 Å². The number of pyridine rings is 1. The average molecular weight is 249 g/mol. The lowest BCUT2D eigenvalue weighted by Gasteiger charge is -2.23. The van der Waals surface area contributed by atoms with Gasteiger partial charge < -0.3 is 9.80 Å². The molecule has 0 aliphatic heterocycles. The summed E-state index contributed by atoms with van der Waals surface area (Å²) in [4.78, 5) is 20.1. The Morgan fingerprint density at radius 1 is 1.33 bits per heavy atom. The van der Waals surface area contributed by atoms with Crippen LogP contribution in [0.1, 0.15) is 30.6 Å². The van der Waals surface area contributed by atoms with Crippen molar-refractivity contribution < 1.29 is 4.79 Å². The van der Waals surface area contributed by atoms with E-state index in [0.29, 0.717) is 0 Å². The normalized spacial score (nSPS) is 10.7. The molecular weight excluding hydrogens is 226 g/mol. The summed E-state index contributed by atoms with van der Waals surface area (Å²) in [6.45, 7) is 6.62. The number of nitrogens with zero attached hydrogens (tertiary/aromatic N) is 3. The Kier molecular flexibility index (Phi) is 5.78. The van der Waals surface area contributed by atoms with Gasteiger partial charge in [-0.05, 0) is 53.0 Å². The lowest BCUT2D eigenvalue weighted by atomic mass is 10.2. The van der Waals surface area contributed by atoms with Crippen molar-refractivity contribution in [3.8, 4) is 0 Å². The minimum absolute atomic E-state index is 0.0861. The number of anilines is 1. The number of Topliss-reactive ketones (excluding diaryl/α,β-unsaturated/α-hetero) is 1. The quantitative estimate of drug-likeness (QED) is 0.693. The molecule has 100 valence electrons. The molecule has 0 aromatic carbocycles. The fraction of sp³-hybridized carbons (Fsp3) is 0.571. The van der Waals surface area contributed by atoms with Crippen LogP contribution in [0.25, 0.3) is 0 Å². The van der Waals surface area contributed by atoms with Gasteiger partial charge in [0.2, 0.25) is 0 Å².